The lowest BCUT2D eigenvalue weighted by Gasteiger charge is -2.29. The van der Waals surface area contributed by atoms with Crippen molar-refractivity contribution in [2.45, 2.75) is 0 Å². The molecule has 31 heavy (non-hydrogen) atoms. The van der Waals surface area contributed by atoms with Gasteiger partial charge in [-0.2, -0.15) is 5.01 Å². The number of hydrogen-bond donors (Lipinski definition) is 1. The molecule has 4 rings (SSSR count). The van der Waals surface area contributed by atoms with Gasteiger partial charge in [0.1, 0.15) is 11.4 Å². The van der Waals surface area contributed by atoms with Crippen LogP contribution in [0.1, 0.15) is 21.5 Å². The number of aliphatic imine (C=N–C) groups is 1. The molecule has 0 saturated heterocycles. The van der Waals surface area contributed by atoms with Gasteiger partial charge in [0.2, 0.25) is 0 Å². The van der Waals surface area contributed by atoms with Gasteiger partial charge in [0, 0.05) is 16.1 Å². The molecule has 3 aromatic carbocycles. The summed E-state index contributed by atoms with van der Waals surface area (Å²) in [4.78, 5) is 30.5. The van der Waals surface area contributed by atoms with E-state index in [1.807, 2.05) is 36.4 Å². The predicted molar refractivity (Wildman–Crippen MR) is 120 cm³/mol. The Bertz CT molecular complexity index is 1190. The highest BCUT2D eigenvalue weighted by Crippen LogP contribution is 2.22. The molecule has 1 aliphatic rings. The summed E-state index contributed by atoms with van der Waals surface area (Å²) < 4.78 is 5.15. The normalized spacial score (nSPS) is 14.8. The molecule has 0 unspecified atom stereocenters. The second-order valence-electron chi connectivity index (χ2n) is 6.66. The minimum absolute atomic E-state index is 0.144. The van der Waals surface area contributed by atoms with Crippen molar-refractivity contribution >= 4 is 35.3 Å². The van der Waals surface area contributed by atoms with Gasteiger partial charge in [-0.05, 0) is 42.0 Å². The third-order valence-corrected chi connectivity index (χ3v) is 5.00. The van der Waals surface area contributed by atoms with Gasteiger partial charge in [0.25, 0.3) is 11.8 Å². The molecule has 0 radical (unpaired) electrons. The maximum atomic E-state index is 13.2. The number of carbonyl (C=O) groups is 2. The summed E-state index contributed by atoms with van der Waals surface area (Å²) in [5.41, 5.74) is 4.50. The molecule has 2 amide bonds. The number of carbonyl (C=O) groups excluding carboxylic acids is 2. The van der Waals surface area contributed by atoms with Gasteiger partial charge in [-0.15, -0.1) is 0 Å². The summed E-state index contributed by atoms with van der Waals surface area (Å²) in [6.45, 7) is 0. The van der Waals surface area contributed by atoms with E-state index < -0.39 is 11.8 Å². The molecule has 6 nitrogen and oxygen atoms in total. The first-order chi connectivity index (χ1) is 15.1. The summed E-state index contributed by atoms with van der Waals surface area (Å²) in [7, 11) is 1.55. The molecule has 0 aliphatic carbocycles. The van der Waals surface area contributed by atoms with E-state index >= 15 is 0 Å². The lowest BCUT2D eigenvalue weighted by Crippen LogP contribution is -2.53. The molecule has 0 aromatic heterocycles. The first-order valence-corrected chi connectivity index (χ1v) is 9.84. The fourth-order valence-corrected chi connectivity index (χ4v) is 3.24. The van der Waals surface area contributed by atoms with E-state index in [9.17, 15) is 9.59 Å². The highest BCUT2D eigenvalue weighted by molar-refractivity contribution is 6.32. The zero-order valence-corrected chi connectivity index (χ0v) is 17.3. The minimum atomic E-state index is -0.513. The van der Waals surface area contributed by atoms with E-state index in [0.29, 0.717) is 33.3 Å². The van der Waals surface area contributed by atoms with Crippen molar-refractivity contribution in [3.05, 3.63) is 106 Å². The summed E-state index contributed by atoms with van der Waals surface area (Å²) in [5, 5.41) is 1.65. The number of methoxy groups -OCH3 is 1. The molecule has 0 saturated carbocycles. The van der Waals surface area contributed by atoms with E-state index in [1.54, 1.807) is 55.7 Å². The van der Waals surface area contributed by atoms with Crippen LogP contribution >= 0.6 is 11.6 Å². The summed E-state index contributed by atoms with van der Waals surface area (Å²) in [6.07, 6.45) is 1.59. The second kappa shape index (κ2) is 8.85. The van der Waals surface area contributed by atoms with E-state index in [-0.39, 0.29) is 5.70 Å². The Morgan fingerprint density at radius 2 is 1.68 bits per heavy atom. The van der Waals surface area contributed by atoms with Crippen molar-refractivity contribution < 1.29 is 14.3 Å². The summed E-state index contributed by atoms with van der Waals surface area (Å²) >= 11 is 6.23. The number of hydrogen-bond acceptors (Lipinski definition) is 4. The van der Waals surface area contributed by atoms with Crippen LogP contribution in [0.5, 0.6) is 5.75 Å². The highest BCUT2D eigenvalue weighted by atomic mass is 35.5. The average molecular weight is 432 g/mol. The van der Waals surface area contributed by atoms with E-state index in [2.05, 4.69) is 10.4 Å². The maximum Gasteiger partial charge on any atom is 0.288 e. The number of rotatable bonds is 4. The minimum Gasteiger partial charge on any atom is -0.497 e. The lowest BCUT2D eigenvalue weighted by molar-refractivity contribution is -0.120. The van der Waals surface area contributed by atoms with Crippen molar-refractivity contribution in [3.63, 3.8) is 0 Å². The van der Waals surface area contributed by atoms with Gasteiger partial charge < -0.3 is 4.74 Å². The number of halogens is 1. The second-order valence-corrected chi connectivity index (χ2v) is 7.07. The Morgan fingerprint density at radius 1 is 1.00 bits per heavy atom. The highest BCUT2D eigenvalue weighted by Gasteiger charge is 2.30. The summed E-state index contributed by atoms with van der Waals surface area (Å²) in [6, 6.07) is 22.9. The van der Waals surface area contributed by atoms with Crippen LogP contribution in [0.3, 0.4) is 0 Å². The van der Waals surface area contributed by atoms with Crippen LogP contribution < -0.4 is 10.2 Å². The lowest BCUT2D eigenvalue weighted by atomic mass is 10.1. The van der Waals surface area contributed by atoms with Gasteiger partial charge >= 0.3 is 0 Å². The first-order valence-electron chi connectivity index (χ1n) is 9.46. The van der Waals surface area contributed by atoms with Crippen LogP contribution in [0.4, 0.5) is 0 Å². The molecule has 1 N–H and O–H groups in total. The predicted octanol–water partition coefficient (Wildman–Crippen LogP) is 4.32. The molecular formula is C24H18ClN3O3. The molecule has 0 spiro atoms. The maximum absolute atomic E-state index is 13.2. The SMILES string of the molecule is COc1ccc(C(=O)N2NC(=O)/C(=C\c3ccccc3Cl)N=C2c2ccccc2)cc1. The zero-order valence-electron chi connectivity index (χ0n) is 16.6. The average Bonchev–Trinajstić information content (AvgIpc) is 2.81. The molecule has 154 valence electrons. The van der Waals surface area contributed by atoms with Gasteiger partial charge in [-0.1, -0.05) is 60.1 Å². The van der Waals surface area contributed by atoms with Crippen LogP contribution in [0.15, 0.2) is 89.6 Å². The molecule has 7 heteroatoms. The number of nitrogens with one attached hydrogen (secondary N) is 1. The smallest absolute Gasteiger partial charge is 0.288 e. The van der Waals surface area contributed by atoms with Crippen molar-refractivity contribution in [1.29, 1.82) is 0 Å². The monoisotopic (exact) mass is 431 g/mol. The first kappa shape index (κ1) is 20.4. The molecule has 0 atom stereocenters. The molecule has 3 aromatic rings. The molecule has 0 fully saturated rings. The summed E-state index contributed by atoms with van der Waals surface area (Å²) in [5.74, 6) is -0.00248. The van der Waals surface area contributed by atoms with Crippen LogP contribution in [-0.4, -0.2) is 29.8 Å². The molecular weight excluding hydrogens is 414 g/mol. The number of ether oxygens (including phenoxy) is 1. The van der Waals surface area contributed by atoms with Crippen molar-refractivity contribution in [1.82, 2.24) is 10.4 Å². The Labute approximate surface area is 184 Å². The van der Waals surface area contributed by atoms with Crippen molar-refractivity contribution in [2.24, 2.45) is 4.99 Å². The quantitative estimate of drug-likeness (QED) is 0.625. The Morgan fingerprint density at radius 3 is 2.35 bits per heavy atom. The van der Waals surface area contributed by atoms with Crippen molar-refractivity contribution in [3.8, 4) is 5.75 Å². The third-order valence-electron chi connectivity index (χ3n) is 4.65. The van der Waals surface area contributed by atoms with Gasteiger partial charge in [-0.3, -0.25) is 15.0 Å². The van der Waals surface area contributed by atoms with E-state index in [0.717, 1.165) is 5.01 Å². The van der Waals surface area contributed by atoms with Crippen LogP contribution in [0, 0.1) is 0 Å². The third kappa shape index (κ3) is 4.34. The number of benzene rings is 3. The van der Waals surface area contributed by atoms with Gasteiger partial charge in [-0.25, -0.2) is 4.99 Å². The Balaban J connectivity index is 1.78. The topological polar surface area (TPSA) is 71.0 Å². The zero-order chi connectivity index (χ0) is 21.8. The fourth-order valence-electron chi connectivity index (χ4n) is 3.05. The number of nitrogens with zero attached hydrogens (tertiary/aromatic N) is 2. The van der Waals surface area contributed by atoms with Gasteiger partial charge in [0.15, 0.2) is 5.84 Å². The molecule has 1 heterocycles. The number of amidine groups is 1. The Kier molecular flexibility index (Phi) is 5.82. The van der Waals surface area contributed by atoms with Crippen LogP contribution in [0.2, 0.25) is 5.02 Å². The van der Waals surface area contributed by atoms with Crippen LogP contribution in [0.25, 0.3) is 6.08 Å². The number of amides is 2. The molecule has 0 bridgehead atoms. The Hall–Kier alpha value is -3.90. The van der Waals surface area contributed by atoms with E-state index in [4.69, 9.17) is 16.3 Å². The van der Waals surface area contributed by atoms with Gasteiger partial charge in [0.05, 0.1) is 7.11 Å². The fraction of sp³-hybridized carbons (Fsp3) is 0.0417. The number of hydrazine groups is 1. The van der Waals surface area contributed by atoms with E-state index in [1.165, 1.54) is 0 Å². The largest absolute Gasteiger partial charge is 0.497 e. The van der Waals surface area contributed by atoms with Crippen molar-refractivity contribution in [2.75, 3.05) is 7.11 Å². The van der Waals surface area contributed by atoms with Crippen LogP contribution in [-0.2, 0) is 4.79 Å². The molecule has 1 aliphatic heterocycles. The standard InChI is InChI=1S/C24H18ClN3O3/c1-31-19-13-11-17(12-14-19)24(30)28-22(16-7-3-2-4-8-16)26-21(23(29)27-28)15-18-9-5-6-10-20(18)25/h2-15H,1H3,(H,27,29)/b21-15+.